The molecule has 0 saturated carbocycles. The Morgan fingerprint density at radius 2 is 2.33 bits per heavy atom. The van der Waals surface area contributed by atoms with Gasteiger partial charge in [-0.05, 0) is 19.4 Å². The Kier molecular flexibility index (Phi) is 2.86. The number of fused-ring (bicyclic) bond motifs is 1. The van der Waals surface area contributed by atoms with Crippen LogP contribution in [0.3, 0.4) is 0 Å². The highest BCUT2D eigenvalue weighted by atomic mass is 35.5. The molecule has 0 aliphatic carbocycles. The molecular formula is C10H13ClN4. The largest absolute Gasteiger partial charge is 0.252 e. The molecule has 0 radical (unpaired) electrons. The Bertz CT molecular complexity index is 465. The van der Waals surface area contributed by atoms with Crippen LogP contribution in [0.5, 0.6) is 0 Å². The smallest absolute Gasteiger partial charge is 0.216 e. The van der Waals surface area contributed by atoms with Crippen molar-refractivity contribution in [1.29, 1.82) is 0 Å². The average Bonchev–Trinajstić information content (AvgIpc) is 2.65. The third-order valence-corrected chi connectivity index (χ3v) is 2.79. The normalized spacial score (nSPS) is 13.3. The molecule has 2 aromatic rings. The summed E-state index contributed by atoms with van der Waals surface area (Å²) in [4.78, 5) is 8.35. The molecule has 0 spiro atoms. The molecule has 80 valence electrons. The lowest BCUT2D eigenvalue weighted by atomic mass is 10.2. The number of aromatic nitrogens is 4. The standard InChI is InChI=1S/C10H13ClN4/c1-3-8(11)5-9-4-7(2)14-10-12-6-13-15(9)10/h4,6,8H,3,5H2,1-2H3. The number of alkyl halides is 1. The summed E-state index contributed by atoms with van der Waals surface area (Å²) < 4.78 is 1.75. The van der Waals surface area contributed by atoms with Crippen LogP contribution < -0.4 is 0 Å². The van der Waals surface area contributed by atoms with Crippen molar-refractivity contribution in [3.63, 3.8) is 0 Å². The summed E-state index contributed by atoms with van der Waals surface area (Å²) in [5.41, 5.74) is 2.02. The first-order valence-corrected chi connectivity index (χ1v) is 5.44. The lowest BCUT2D eigenvalue weighted by Crippen LogP contribution is -2.08. The monoisotopic (exact) mass is 224 g/mol. The first-order chi connectivity index (χ1) is 7.20. The third-order valence-electron chi connectivity index (χ3n) is 2.33. The summed E-state index contributed by atoms with van der Waals surface area (Å²) in [5.74, 6) is 0.643. The van der Waals surface area contributed by atoms with Crippen LogP contribution in [0.4, 0.5) is 0 Å². The lowest BCUT2D eigenvalue weighted by molar-refractivity contribution is 0.743. The van der Waals surface area contributed by atoms with Crippen LogP contribution in [0.2, 0.25) is 0 Å². The molecule has 4 nitrogen and oxygen atoms in total. The van der Waals surface area contributed by atoms with Crippen molar-refractivity contribution in [2.75, 3.05) is 0 Å². The fourth-order valence-corrected chi connectivity index (χ4v) is 1.68. The zero-order valence-electron chi connectivity index (χ0n) is 8.81. The molecule has 2 aromatic heterocycles. The third kappa shape index (κ3) is 2.09. The predicted molar refractivity (Wildman–Crippen MR) is 59.2 cm³/mol. The number of nitrogens with zero attached hydrogens (tertiary/aromatic N) is 4. The van der Waals surface area contributed by atoms with Crippen molar-refractivity contribution >= 4 is 17.4 Å². The van der Waals surface area contributed by atoms with Crippen LogP contribution >= 0.6 is 11.6 Å². The van der Waals surface area contributed by atoms with Gasteiger partial charge < -0.3 is 0 Å². The van der Waals surface area contributed by atoms with Crippen molar-refractivity contribution in [2.45, 2.75) is 32.1 Å². The quantitative estimate of drug-likeness (QED) is 0.749. The highest BCUT2D eigenvalue weighted by Crippen LogP contribution is 2.12. The van der Waals surface area contributed by atoms with Gasteiger partial charge in [0.15, 0.2) is 0 Å². The van der Waals surface area contributed by atoms with Crippen molar-refractivity contribution in [3.05, 3.63) is 23.8 Å². The number of hydrogen-bond donors (Lipinski definition) is 0. The van der Waals surface area contributed by atoms with Crippen LogP contribution in [0.1, 0.15) is 24.7 Å². The Hall–Kier alpha value is -1.16. The maximum absolute atomic E-state index is 6.14. The molecule has 0 amide bonds. The van der Waals surface area contributed by atoms with Crippen molar-refractivity contribution < 1.29 is 0 Å². The summed E-state index contributed by atoms with van der Waals surface area (Å²) in [6.45, 7) is 4.03. The summed E-state index contributed by atoms with van der Waals surface area (Å²) in [6, 6.07) is 2.01. The van der Waals surface area contributed by atoms with E-state index in [0.29, 0.717) is 5.78 Å². The Morgan fingerprint density at radius 1 is 1.53 bits per heavy atom. The molecule has 2 heterocycles. The fraction of sp³-hybridized carbons (Fsp3) is 0.500. The van der Waals surface area contributed by atoms with Crippen LogP contribution in [0.25, 0.3) is 5.78 Å². The van der Waals surface area contributed by atoms with E-state index in [1.165, 1.54) is 6.33 Å². The van der Waals surface area contributed by atoms with Crippen LogP contribution in [0.15, 0.2) is 12.4 Å². The molecule has 1 atom stereocenters. The first-order valence-electron chi connectivity index (χ1n) is 5.01. The van der Waals surface area contributed by atoms with Gasteiger partial charge in [0.2, 0.25) is 0 Å². The average molecular weight is 225 g/mol. The summed E-state index contributed by atoms with van der Waals surface area (Å²) >= 11 is 6.14. The van der Waals surface area contributed by atoms with Crippen molar-refractivity contribution in [1.82, 2.24) is 19.6 Å². The molecule has 15 heavy (non-hydrogen) atoms. The van der Waals surface area contributed by atoms with E-state index in [-0.39, 0.29) is 5.38 Å². The second kappa shape index (κ2) is 4.14. The first kappa shape index (κ1) is 10.4. The zero-order valence-corrected chi connectivity index (χ0v) is 9.57. The maximum atomic E-state index is 6.14. The van der Waals surface area contributed by atoms with Crippen molar-refractivity contribution in [2.24, 2.45) is 0 Å². The minimum Gasteiger partial charge on any atom is -0.216 e. The molecule has 0 N–H and O–H groups in total. The van der Waals surface area contributed by atoms with Gasteiger partial charge in [-0.25, -0.2) is 9.50 Å². The Labute approximate surface area is 93.3 Å². The summed E-state index contributed by atoms with van der Waals surface area (Å²) in [5, 5.41) is 4.27. The Balaban J connectivity index is 2.44. The molecule has 0 saturated heterocycles. The second-order valence-electron chi connectivity index (χ2n) is 3.57. The van der Waals surface area contributed by atoms with E-state index >= 15 is 0 Å². The van der Waals surface area contributed by atoms with Crippen LogP contribution in [-0.4, -0.2) is 25.0 Å². The highest BCUT2D eigenvalue weighted by Gasteiger charge is 2.09. The topological polar surface area (TPSA) is 43.1 Å². The van der Waals surface area contributed by atoms with Gasteiger partial charge >= 0.3 is 0 Å². The van der Waals surface area contributed by atoms with Gasteiger partial charge in [-0.15, -0.1) is 11.6 Å². The van der Waals surface area contributed by atoms with Gasteiger partial charge in [0, 0.05) is 23.2 Å². The predicted octanol–water partition coefficient (Wildman–Crippen LogP) is 1.99. The van der Waals surface area contributed by atoms with E-state index in [2.05, 4.69) is 22.0 Å². The van der Waals surface area contributed by atoms with E-state index in [1.807, 2.05) is 13.0 Å². The van der Waals surface area contributed by atoms with Gasteiger partial charge in [0.25, 0.3) is 5.78 Å². The number of hydrogen-bond acceptors (Lipinski definition) is 3. The second-order valence-corrected chi connectivity index (χ2v) is 4.19. The SMILES string of the molecule is CCC(Cl)Cc1cc(C)nc2ncnn12. The zero-order chi connectivity index (χ0) is 10.8. The fourth-order valence-electron chi connectivity index (χ4n) is 1.52. The van der Waals surface area contributed by atoms with Crippen LogP contribution in [0, 0.1) is 6.92 Å². The molecule has 0 bridgehead atoms. The molecule has 1 unspecified atom stereocenters. The molecular weight excluding hydrogens is 212 g/mol. The molecule has 0 aromatic carbocycles. The van der Waals surface area contributed by atoms with E-state index in [4.69, 9.17) is 11.6 Å². The van der Waals surface area contributed by atoms with E-state index in [1.54, 1.807) is 4.52 Å². The molecule has 2 rings (SSSR count). The van der Waals surface area contributed by atoms with E-state index in [0.717, 1.165) is 24.2 Å². The van der Waals surface area contributed by atoms with Gasteiger partial charge in [0.1, 0.15) is 6.33 Å². The van der Waals surface area contributed by atoms with Gasteiger partial charge in [-0.1, -0.05) is 6.92 Å². The minimum atomic E-state index is 0.138. The summed E-state index contributed by atoms with van der Waals surface area (Å²) in [6.07, 6.45) is 3.25. The number of aryl methyl sites for hydroxylation is 1. The highest BCUT2D eigenvalue weighted by molar-refractivity contribution is 6.20. The summed E-state index contributed by atoms with van der Waals surface area (Å²) in [7, 11) is 0. The molecule has 0 aliphatic heterocycles. The molecule has 5 heteroatoms. The number of rotatable bonds is 3. The van der Waals surface area contributed by atoms with E-state index in [9.17, 15) is 0 Å². The van der Waals surface area contributed by atoms with Crippen molar-refractivity contribution in [3.8, 4) is 0 Å². The Morgan fingerprint density at radius 3 is 3.07 bits per heavy atom. The number of halogens is 1. The molecule has 0 aliphatic rings. The van der Waals surface area contributed by atoms with E-state index < -0.39 is 0 Å². The molecule has 0 fully saturated rings. The van der Waals surface area contributed by atoms with Gasteiger partial charge in [0.05, 0.1) is 0 Å². The van der Waals surface area contributed by atoms with Gasteiger partial charge in [-0.2, -0.15) is 10.1 Å². The lowest BCUT2D eigenvalue weighted by Gasteiger charge is -2.08. The van der Waals surface area contributed by atoms with Crippen LogP contribution in [-0.2, 0) is 6.42 Å². The van der Waals surface area contributed by atoms with Gasteiger partial charge in [-0.3, -0.25) is 0 Å². The maximum Gasteiger partial charge on any atom is 0.252 e. The minimum absolute atomic E-state index is 0.138.